The van der Waals surface area contributed by atoms with Gasteiger partial charge in [0.15, 0.2) is 0 Å². The largest absolute Gasteiger partial charge is 0.352 e. The van der Waals surface area contributed by atoms with E-state index < -0.39 is 0 Å². The van der Waals surface area contributed by atoms with Gasteiger partial charge in [0.2, 0.25) is 0 Å². The fraction of sp³-hybridized carbons (Fsp3) is 0.385. The maximum atomic E-state index is 11.7. The lowest BCUT2D eigenvalue weighted by molar-refractivity contribution is 0.0953. The van der Waals surface area contributed by atoms with Crippen LogP contribution in [0.2, 0.25) is 0 Å². The lowest BCUT2D eigenvalue weighted by atomic mass is 10.2. The summed E-state index contributed by atoms with van der Waals surface area (Å²) in [6.45, 7) is 4.02. The zero-order valence-electron chi connectivity index (χ0n) is 10.4. The third-order valence-electron chi connectivity index (χ3n) is 2.83. The number of carbonyl (C=O) groups is 2. The Kier molecular flexibility index (Phi) is 3.82. The summed E-state index contributed by atoms with van der Waals surface area (Å²) in [5.41, 5.74) is 1.43. The molecule has 96 valence electrons. The molecule has 1 fully saturated rings. The van der Waals surface area contributed by atoms with Crippen LogP contribution in [0.15, 0.2) is 24.3 Å². The van der Waals surface area contributed by atoms with Gasteiger partial charge in [-0.1, -0.05) is 6.92 Å². The Morgan fingerprint density at radius 2 is 2.11 bits per heavy atom. The Balaban J connectivity index is 2.05. The minimum Gasteiger partial charge on any atom is -0.352 e. The van der Waals surface area contributed by atoms with E-state index in [2.05, 4.69) is 10.6 Å². The lowest BCUT2D eigenvalue weighted by Crippen LogP contribution is -2.28. The minimum absolute atomic E-state index is 0.0747. The number of urea groups is 1. The van der Waals surface area contributed by atoms with E-state index in [0.717, 1.165) is 12.1 Å². The topological polar surface area (TPSA) is 61.4 Å². The Labute approximate surface area is 106 Å². The Hall–Kier alpha value is -2.04. The summed E-state index contributed by atoms with van der Waals surface area (Å²) in [5.74, 6) is -0.0747. The van der Waals surface area contributed by atoms with Crippen LogP contribution in [0.1, 0.15) is 23.7 Å². The van der Waals surface area contributed by atoms with Gasteiger partial charge in [0.05, 0.1) is 0 Å². The van der Waals surface area contributed by atoms with E-state index >= 15 is 0 Å². The SMILES string of the molecule is CCCNC(=O)c1ccc(N2CCNC2=O)cc1. The second kappa shape index (κ2) is 5.53. The normalized spacial score (nSPS) is 14.5. The first-order valence-electron chi connectivity index (χ1n) is 6.16. The van der Waals surface area contributed by atoms with Crippen LogP contribution < -0.4 is 15.5 Å². The van der Waals surface area contributed by atoms with Gasteiger partial charge in [0, 0.05) is 30.9 Å². The Morgan fingerprint density at radius 3 is 2.67 bits per heavy atom. The Morgan fingerprint density at radius 1 is 1.39 bits per heavy atom. The highest BCUT2D eigenvalue weighted by Gasteiger charge is 2.20. The molecule has 5 heteroatoms. The molecular formula is C13H17N3O2. The van der Waals surface area contributed by atoms with Crippen LogP contribution in [0.3, 0.4) is 0 Å². The summed E-state index contributed by atoms with van der Waals surface area (Å²) in [4.78, 5) is 24.8. The van der Waals surface area contributed by atoms with Gasteiger partial charge in [-0.25, -0.2) is 4.79 Å². The van der Waals surface area contributed by atoms with Crippen molar-refractivity contribution >= 4 is 17.6 Å². The number of amides is 3. The zero-order valence-corrected chi connectivity index (χ0v) is 10.4. The molecule has 5 nitrogen and oxygen atoms in total. The lowest BCUT2D eigenvalue weighted by Gasteiger charge is -2.14. The maximum absolute atomic E-state index is 11.7. The predicted molar refractivity (Wildman–Crippen MR) is 69.8 cm³/mol. The first kappa shape index (κ1) is 12.4. The number of nitrogens with one attached hydrogen (secondary N) is 2. The Bertz CT molecular complexity index is 442. The standard InChI is InChI=1S/C13H17N3O2/c1-2-7-14-12(17)10-3-5-11(6-4-10)16-9-8-15-13(16)18/h3-6H,2,7-9H2,1H3,(H,14,17)(H,15,18). The number of hydrogen-bond donors (Lipinski definition) is 2. The van der Waals surface area contributed by atoms with Crippen molar-refractivity contribution in [1.82, 2.24) is 10.6 Å². The molecule has 0 atom stereocenters. The van der Waals surface area contributed by atoms with Crippen LogP contribution in [0, 0.1) is 0 Å². The van der Waals surface area contributed by atoms with Gasteiger partial charge in [-0.2, -0.15) is 0 Å². The van der Waals surface area contributed by atoms with E-state index in [9.17, 15) is 9.59 Å². The number of benzene rings is 1. The van der Waals surface area contributed by atoms with E-state index in [0.29, 0.717) is 25.2 Å². The summed E-state index contributed by atoms with van der Waals surface area (Å²) < 4.78 is 0. The van der Waals surface area contributed by atoms with Crippen molar-refractivity contribution in [2.24, 2.45) is 0 Å². The van der Waals surface area contributed by atoms with Crippen molar-refractivity contribution in [3.05, 3.63) is 29.8 Å². The van der Waals surface area contributed by atoms with Gasteiger partial charge in [-0.3, -0.25) is 9.69 Å². The molecule has 0 saturated carbocycles. The van der Waals surface area contributed by atoms with Crippen molar-refractivity contribution in [1.29, 1.82) is 0 Å². The molecule has 1 heterocycles. The molecule has 1 aliphatic heterocycles. The number of nitrogens with zero attached hydrogens (tertiary/aromatic N) is 1. The smallest absolute Gasteiger partial charge is 0.321 e. The predicted octanol–water partition coefficient (Wildman–Crippen LogP) is 1.36. The number of rotatable bonds is 4. The number of anilines is 1. The van der Waals surface area contributed by atoms with E-state index in [1.54, 1.807) is 29.2 Å². The molecular weight excluding hydrogens is 230 g/mol. The van der Waals surface area contributed by atoms with Gasteiger partial charge >= 0.3 is 6.03 Å². The molecule has 3 amide bonds. The molecule has 1 aromatic rings. The second-order valence-electron chi connectivity index (χ2n) is 4.19. The van der Waals surface area contributed by atoms with E-state index in [1.807, 2.05) is 6.92 Å². The summed E-state index contributed by atoms with van der Waals surface area (Å²) in [6.07, 6.45) is 0.914. The molecule has 0 aliphatic carbocycles. The summed E-state index contributed by atoms with van der Waals surface area (Å²) in [6, 6.07) is 6.99. The molecule has 0 aromatic heterocycles. The molecule has 0 bridgehead atoms. The highest BCUT2D eigenvalue weighted by molar-refractivity contribution is 5.96. The average molecular weight is 247 g/mol. The minimum atomic E-state index is -0.0850. The van der Waals surface area contributed by atoms with Crippen LogP contribution in [0.5, 0.6) is 0 Å². The highest BCUT2D eigenvalue weighted by atomic mass is 16.2. The van der Waals surface area contributed by atoms with Crippen molar-refractivity contribution in [2.75, 3.05) is 24.5 Å². The van der Waals surface area contributed by atoms with E-state index in [4.69, 9.17) is 0 Å². The molecule has 1 aromatic carbocycles. The molecule has 0 unspecified atom stereocenters. The molecule has 1 aliphatic rings. The molecule has 18 heavy (non-hydrogen) atoms. The summed E-state index contributed by atoms with van der Waals surface area (Å²) in [7, 11) is 0. The monoisotopic (exact) mass is 247 g/mol. The first-order chi connectivity index (χ1) is 8.72. The van der Waals surface area contributed by atoms with Gasteiger partial charge in [-0.05, 0) is 30.7 Å². The molecule has 0 radical (unpaired) electrons. The van der Waals surface area contributed by atoms with Crippen LogP contribution in [0.25, 0.3) is 0 Å². The highest BCUT2D eigenvalue weighted by Crippen LogP contribution is 2.17. The van der Waals surface area contributed by atoms with Crippen LogP contribution in [0.4, 0.5) is 10.5 Å². The fourth-order valence-corrected chi connectivity index (χ4v) is 1.85. The van der Waals surface area contributed by atoms with Crippen LogP contribution in [-0.2, 0) is 0 Å². The zero-order chi connectivity index (χ0) is 13.0. The van der Waals surface area contributed by atoms with E-state index in [1.165, 1.54) is 0 Å². The van der Waals surface area contributed by atoms with Crippen molar-refractivity contribution in [2.45, 2.75) is 13.3 Å². The average Bonchev–Trinajstić information content (AvgIpc) is 2.82. The quantitative estimate of drug-likeness (QED) is 0.843. The first-order valence-corrected chi connectivity index (χ1v) is 6.16. The molecule has 2 N–H and O–H groups in total. The molecule has 0 spiro atoms. The fourth-order valence-electron chi connectivity index (χ4n) is 1.85. The summed E-state index contributed by atoms with van der Waals surface area (Å²) >= 11 is 0. The van der Waals surface area contributed by atoms with Gasteiger partial charge in [-0.15, -0.1) is 0 Å². The van der Waals surface area contributed by atoms with Crippen molar-refractivity contribution < 1.29 is 9.59 Å². The van der Waals surface area contributed by atoms with E-state index in [-0.39, 0.29) is 11.9 Å². The summed E-state index contributed by atoms with van der Waals surface area (Å²) in [5, 5.41) is 5.56. The van der Waals surface area contributed by atoms with Gasteiger partial charge in [0.1, 0.15) is 0 Å². The van der Waals surface area contributed by atoms with Gasteiger partial charge < -0.3 is 10.6 Å². The molecule has 2 rings (SSSR count). The van der Waals surface area contributed by atoms with Crippen LogP contribution in [-0.4, -0.2) is 31.6 Å². The van der Waals surface area contributed by atoms with Gasteiger partial charge in [0.25, 0.3) is 5.91 Å². The van der Waals surface area contributed by atoms with Crippen molar-refractivity contribution in [3.63, 3.8) is 0 Å². The third-order valence-corrected chi connectivity index (χ3v) is 2.83. The second-order valence-corrected chi connectivity index (χ2v) is 4.19. The van der Waals surface area contributed by atoms with Crippen molar-refractivity contribution in [3.8, 4) is 0 Å². The maximum Gasteiger partial charge on any atom is 0.321 e. The number of hydrogen-bond acceptors (Lipinski definition) is 2. The number of carbonyl (C=O) groups excluding carboxylic acids is 2. The molecule has 1 saturated heterocycles. The van der Waals surface area contributed by atoms with Crippen LogP contribution >= 0.6 is 0 Å². The third kappa shape index (κ3) is 2.61.